The number of nitrogens with zero attached hydrogens (tertiary/aromatic N) is 2. The van der Waals surface area contributed by atoms with Crippen LogP contribution >= 0.6 is 11.8 Å². The molecule has 0 spiro atoms. The molecule has 0 aromatic carbocycles. The van der Waals surface area contributed by atoms with Gasteiger partial charge in [-0.05, 0) is 12.3 Å². The molecular formula is C10H19N3S. The largest absolute Gasteiger partial charge is 0.312 e. The van der Waals surface area contributed by atoms with Crippen LogP contribution in [0.5, 0.6) is 0 Å². The highest BCUT2D eigenvalue weighted by Crippen LogP contribution is 2.20. The zero-order chi connectivity index (χ0) is 10.6. The molecule has 1 unspecified atom stereocenters. The van der Waals surface area contributed by atoms with E-state index in [2.05, 4.69) is 30.5 Å². The van der Waals surface area contributed by atoms with E-state index in [1.807, 2.05) is 36.7 Å². The van der Waals surface area contributed by atoms with E-state index < -0.39 is 0 Å². The molecule has 1 N–H and O–H groups in total. The number of aryl methyl sites for hydroxylation is 1. The van der Waals surface area contributed by atoms with Crippen LogP contribution in [-0.2, 0) is 7.05 Å². The lowest BCUT2D eigenvalue weighted by molar-refractivity contribution is 0.659. The van der Waals surface area contributed by atoms with Gasteiger partial charge in [0, 0.05) is 30.6 Å². The van der Waals surface area contributed by atoms with Crippen molar-refractivity contribution in [1.29, 1.82) is 0 Å². The summed E-state index contributed by atoms with van der Waals surface area (Å²) in [6, 6.07) is 0.413. The van der Waals surface area contributed by atoms with Crippen molar-refractivity contribution in [3.05, 3.63) is 18.0 Å². The molecule has 1 atom stereocenters. The van der Waals surface area contributed by atoms with E-state index in [0.717, 1.165) is 5.75 Å². The second kappa shape index (κ2) is 5.41. The first kappa shape index (κ1) is 11.6. The summed E-state index contributed by atoms with van der Waals surface area (Å²) in [5.74, 6) is 1.10. The molecule has 4 heteroatoms. The molecule has 0 aliphatic carbocycles. The second-order valence-electron chi connectivity index (χ2n) is 3.67. The molecule has 0 bridgehead atoms. The second-order valence-corrected chi connectivity index (χ2v) is 5.28. The minimum absolute atomic E-state index is 0.413. The number of aromatic nitrogens is 2. The van der Waals surface area contributed by atoms with Crippen LogP contribution in [0, 0.1) is 0 Å². The van der Waals surface area contributed by atoms with Gasteiger partial charge in [0.1, 0.15) is 0 Å². The minimum atomic E-state index is 0.413. The Morgan fingerprint density at radius 2 is 2.29 bits per heavy atom. The van der Waals surface area contributed by atoms with Crippen LogP contribution < -0.4 is 5.32 Å². The Hall–Kier alpha value is -0.480. The van der Waals surface area contributed by atoms with E-state index in [9.17, 15) is 0 Å². The third-order valence-electron chi connectivity index (χ3n) is 2.07. The molecule has 80 valence electrons. The molecule has 3 nitrogen and oxygen atoms in total. The third kappa shape index (κ3) is 3.35. The van der Waals surface area contributed by atoms with Gasteiger partial charge in [0.15, 0.2) is 0 Å². The van der Waals surface area contributed by atoms with Gasteiger partial charge in [-0.25, -0.2) is 0 Å². The number of rotatable bonds is 5. The van der Waals surface area contributed by atoms with E-state index in [-0.39, 0.29) is 0 Å². The Bertz CT molecular complexity index is 270. The average molecular weight is 213 g/mol. The van der Waals surface area contributed by atoms with Crippen LogP contribution in [0.3, 0.4) is 0 Å². The van der Waals surface area contributed by atoms with Gasteiger partial charge in [-0.3, -0.25) is 4.68 Å². The van der Waals surface area contributed by atoms with Crippen LogP contribution in [-0.4, -0.2) is 27.8 Å². The van der Waals surface area contributed by atoms with Gasteiger partial charge in [0.2, 0.25) is 0 Å². The van der Waals surface area contributed by atoms with Gasteiger partial charge in [-0.2, -0.15) is 16.9 Å². The molecule has 1 aromatic rings. The molecule has 0 amide bonds. The SMILES string of the molecule is CNC(CSC(C)C)c1cnn(C)c1. The van der Waals surface area contributed by atoms with Gasteiger partial charge in [-0.1, -0.05) is 13.8 Å². The maximum Gasteiger partial charge on any atom is 0.0537 e. The Balaban J connectivity index is 2.54. The maximum absolute atomic E-state index is 4.18. The molecule has 1 aromatic heterocycles. The molecule has 0 aliphatic rings. The Labute approximate surface area is 90.3 Å². The molecule has 14 heavy (non-hydrogen) atoms. The summed E-state index contributed by atoms with van der Waals surface area (Å²) in [5.41, 5.74) is 1.27. The quantitative estimate of drug-likeness (QED) is 0.809. The molecule has 0 fully saturated rings. The summed E-state index contributed by atoms with van der Waals surface area (Å²) >= 11 is 1.97. The Morgan fingerprint density at radius 3 is 2.71 bits per heavy atom. The molecule has 0 saturated heterocycles. The molecular weight excluding hydrogens is 194 g/mol. The molecule has 1 rings (SSSR count). The highest BCUT2D eigenvalue weighted by molar-refractivity contribution is 7.99. The molecule has 0 saturated carbocycles. The van der Waals surface area contributed by atoms with Gasteiger partial charge in [0.05, 0.1) is 6.20 Å². The van der Waals surface area contributed by atoms with Crippen LogP contribution in [0.4, 0.5) is 0 Å². The average Bonchev–Trinajstić information content (AvgIpc) is 2.53. The van der Waals surface area contributed by atoms with E-state index in [1.165, 1.54) is 5.56 Å². The smallest absolute Gasteiger partial charge is 0.0537 e. The summed E-state index contributed by atoms with van der Waals surface area (Å²) in [6.45, 7) is 4.45. The lowest BCUT2D eigenvalue weighted by Gasteiger charge is -2.15. The predicted molar refractivity (Wildman–Crippen MR) is 62.6 cm³/mol. The lowest BCUT2D eigenvalue weighted by atomic mass is 10.2. The van der Waals surface area contributed by atoms with Crippen LogP contribution in [0.2, 0.25) is 0 Å². The first-order valence-electron chi connectivity index (χ1n) is 4.91. The fourth-order valence-electron chi connectivity index (χ4n) is 1.25. The van der Waals surface area contributed by atoms with Crippen molar-refractivity contribution in [1.82, 2.24) is 15.1 Å². The van der Waals surface area contributed by atoms with Crippen molar-refractivity contribution >= 4 is 11.8 Å². The first-order chi connectivity index (χ1) is 6.63. The van der Waals surface area contributed by atoms with Crippen LogP contribution in [0.15, 0.2) is 12.4 Å². The highest BCUT2D eigenvalue weighted by Gasteiger charge is 2.11. The number of thioether (sulfide) groups is 1. The minimum Gasteiger partial charge on any atom is -0.312 e. The fourth-order valence-corrected chi connectivity index (χ4v) is 2.19. The van der Waals surface area contributed by atoms with E-state index in [4.69, 9.17) is 0 Å². The molecule has 1 heterocycles. The van der Waals surface area contributed by atoms with Gasteiger partial charge < -0.3 is 5.32 Å². The van der Waals surface area contributed by atoms with E-state index in [0.29, 0.717) is 11.3 Å². The van der Waals surface area contributed by atoms with Crippen molar-refractivity contribution < 1.29 is 0 Å². The van der Waals surface area contributed by atoms with E-state index in [1.54, 1.807) is 0 Å². The summed E-state index contributed by atoms with van der Waals surface area (Å²) in [5, 5.41) is 8.18. The standard InChI is InChI=1S/C10H19N3S/c1-8(2)14-7-10(11-3)9-5-12-13(4)6-9/h5-6,8,10-11H,7H2,1-4H3. The van der Waals surface area contributed by atoms with E-state index >= 15 is 0 Å². The summed E-state index contributed by atoms with van der Waals surface area (Å²) < 4.78 is 1.85. The first-order valence-corrected chi connectivity index (χ1v) is 5.95. The van der Waals surface area contributed by atoms with Crippen molar-refractivity contribution in [3.8, 4) is 0 Å². The molecule has 0 aliphatic heterocycles. The van der Waals surface area contributed by atoms with Crippen LogP contribution in [0.25, 0.3) is 0 Å². The van der Waals surface area contributed by atoms with Crippen molar-refractivity contribution in [3.63, 3.8) is 0 Å². The predicted octanol–water partition coefficient (Wildman–Crippen LogP) is 1.82. The summed E-state index contributed by atoms with van der Waals surface area (Å²) in [6.07, 6.45) is 4.00. The van der Waals surface area contributed by atoms with Gasteiger partial charge >= 0.3 is 0 Å². The zero-order valence-corrected chi connectivity index (χ0v) is 10.1. The summed E-state index contributed by atoms with van der Waals surface area (Å²) in [7, 11) is 3.95. The normalized spacial score (nSPS) is 13.5. The fraction of sp³-hybridized carbons (Fsp3) is 0.700. The van der Waals surface area contributed by atoms with Crippen molar-refractivity contribution in [2.75, 3.05) is 12.8 Å². The Kier molecular flexibility index (Phi) is 4.48. The van der Waals surface area contributed by atoms with Crippen molar-refractivity contribution in [2.45, 2.75) is 25.1 Å². The number of hydrogen-bond donors (Lipinski definition) is 1. The van der Waals surface area contributed by atoms with Crippen molar-refractivity contribution in [2.24, 2.45) is 7.05 Å². The van der Waals surface area contributed by atoms with Crippen LogP contribution in [0.1, 0.15) is 25.5 Å². The topological polar surface area (TPSA) is 29.9 Å². The number of hydrogen-bond acceptors (Lipinski definition) is 3. The Morgan fingerprint density at radius 1 is 1.57 bits per heavy atom. The number of nitrogens with one attached hydrogen (secondary N) is 1. The lowest BCUT2D eigenvalue weighted by Crippen LogP contribution is -2.19. The maximum atomic E-state index is 4.18. The van der Waals surface area contributed by atoms with Gasteiger partial charge in [0.25, 0.3) is 0 Å². The van der Waals surface area contributed by atoms with Gasteiger partial charge in [-0.15, -0.1) is 0 Å². The zero-order valence-electron chi connectivity index (χ0n) is 9.32. The monoisotopic (exact) mass is 213 g/mol. The summed E-state index contributed by atoms with van der Waals surface area (Å²) in [4.78, 5) is 0. The third-order valence-corrected chi connectivity index (χ3v) is 3.26. The molecule has 0 radical (unpaired) electrons. The highest BCUT2D eigenvalue weighted by atomic mass is 32.2.